The summed E-state index contributed by atoms with van der Waals surface area (Å²) in [5, 5.41) is 6.69. The number of aryl methyl sites for hydroxylation is 2. The zero-order valence-electron chi connectivity index (χ0n) is 14.0. The predicted octanol–water partition coefficient (Wildman–Crippen LogP) is 1.85. The Morgan fingerprint density at radius 1 is 1.17 bits per heavy atom. The molecule has 1 aromatic heterocycles. The first-order valence-corrected chi connectivity index (χ1v) is 7.39. The van der Waals surface area contributed by atoms with Crippen molar-refractivity contribution in [1.82, 2.24) is 9.78 Å². The summed E-state index contributed by atoms with van der Waals surface area (Å²) in [6.45, 7) is 5.40. The number of benzene rings is 1. The first kappa shape index (κ1) is 17.4. The summed E-state index contributed by atoms with van der Waals surface area (Å²) in [6.07, 6.45) is 0. The van der Waals surface area contributed by atoms with E-state index in [9.17, 15) is 14.4 Å². The van der Waals surface area contributed by atoms with Gasteiger partial charge in [0.2, 0.25) is 0 Å². The van der Waals surface area contributed by atoms with Crippen LogP contribution in [0, 0.1) is 13.8 Å². The number of nitrogens with one attached hydrogen (secondary N) is 1. The maximum atomic E-state index is 12.3. The largest absolute Gasteiger partial charge is 0.467 e. The first-order valence-electron chi connectivity index (χ1n) is 7.39. The number of nitrogens with zero attached hydrogens (tertiary/aromatic N) is 2. The molecule has 0 fully saturated rings. The highest BCUT2D eigenvalue weighted by Crippen LogP contribution is 2.15. The number of hydrogen-bond donors (Lipinski definition) is 1. The van der Waals surface area contributed by atoms with Crippen molar-refractivity contribution < 1.29 is 14.3 Å². The molecule has 126 valence electrons. The van der Waals surface area contributed by atoms with Crippen LogP contribution in [-0.2, 0) is 9.53 Å². The SMILES string of the molecule is COC(=O)C(C)n1nc(C(=O)Nc2ccc(C)c(C)c2)ccc1=O. The van der Waals surface area contributed by atoms with Crippen molar-refractivity contribution >= 4 is 17.6 Å². The maximum absolute atomic E-state index is 12.3. The van der Waals surface area contributed by atoms with Gasteiger partial charge in [-0.2, -0.15) is 5.10 Å². The monoisotopic (exact) mass is 329 g/mol. The molecule has 1 amide bonds. The molecule has 0 saturated heterocycles. The topological polar surface area (TPSA) is 90.3 Å². The van der Waals surface area contributed by atoms with Gasteiger partial charge in [-0.15, -0.1) is 0 Å². The Hall–Kier alpha value is -2.96. The number of ether oxygens (including phenoxy) is 1. The average Bonchev–Trinajstić information content (AvgIpc) is 2.57. The Balaban J connectivity index is 2.28. The molecule has 24 heavy (non-hydrogen) atoms. The van der Waals surface area contributed by atoms with Gasteiger partial charge < -0.3 is 10.1 Å². The summed E-state index contributed by atoms with van der Waals surface area (Å²) in [5.74, 6) is -1.08. The molecule has 0 aliphatic heterocycles. The number of esters is 1. The van der Waals surface area contributed by atoms with Gasteiger partial charge in [0.05, 0.1) is 7.11 Å². The second-order valence-corrected chi connectivity index (χ2v) is 5.45. The quantitative estimate of drug-likeness (QED) is 0.865. The van der Waals surface area contributed by atoms with Crippen LogP contribution >= 0.6 is 0 Å². The lowest BCUT2D eigenvalue weighted by atomic mass is 10.1. The molecule has 2 aromatic rings. The molecule has 1 atom stereocenters. The fraction of sp³-hybridized carbons (Fsp3) is 0.294. The lowest BCUT2D eigenvalue weighted by Gasteiger charge is -2.12. The van der Waals surface area contributed by atoms with Crippen LogP contribution < -0.4 is 10.9 Å². The van der Waals surface area contributed by atoms with E-state index < -0.39 is 23.5 Å². The number of methoxy groups -OCH3 is 1. The number of carbonyl (C=O) groups excluding carboxylic acids is 2. The summed E-state index contributed by atoms with van der Waals surface area (Å²) in [7, 11) is 1.22. The zero-order chi connectivity index (χ0) is 17.9. The minimum atomic E-state index is -0.920. The van der Waals surface area contributed by atoms with Crippen LogP contribution in [-0.4, -0.2) is 28.8 Å². The summed E-state index contributed by atoms with van der Waals surface area (Å²) in [4.78, 5) is 35.8. The van der Waals surface area contributed by atoms with E-state index in [4.69, 9.17) is 0 Å². The lowest BCUT2D eigenvalue weighted by Crippen LogP contribution is -2.32. The zero-order valence-corrected chi connectivity index (χ0v) is 14.0. The molecule has 2 rings (SSSR count). The first-order chi connectivity index (χ1) is 11.3. The van der Waals surface area contributed by atoms with Crippen molar-refractivity contribution in [2.45, 2.75) is 26.8 Å². The fourth-order valence-corrected chi connectivity index (χ4v) is 2.11. The molecule has 1 unspecified atom stereocenters. The van der Waals surface area contributed by atoms with Crippen molar-refractivity contribution in [2.24, 2.45) is 0 Å². The van der Waals surface area contributed by atoms with Gasteiger partial charge in [-0.25, -0.2) is 9.48 Å². The Morgan fingerprint density at radius 3 is 2.50 bits per heavy atom. The van der Waals surface area contributed by atoms with Gasteiger partial charge in [0, 0.05) is 11.8 Å². The molecule has 0 aliphatic carbocycles. The van der Waals surface area contributed by atoms with E-state index in [0.717, 1.165) is 15.8 Å². The van der Waals surface area contributed by atoms with Crippen molar-refractivity contribution in [1.29, 1.82) is 0 Å². The van der Waals surface area contributed by atoms with E-state index >= 15 is 0 Å². The number of hydrogen-bond acceptors (Lipinski definition) is 5. The number of carbonyl (C=O) groups is 2. The highest BCUT2D eigenvalue weighted by Gasteiger charge is 2.19. The molecule has 0 radical (unpaired) electrons. The van der Waals surface area contributed by atoms with Crippen LogP contribution in [0.15, 0.2) is 35.1 Å². The minimum absolute atomic E-state index is 0.0311. The molecule has 1 heterocycles. The van der Waals surface area contributed by atoms with Crippen molar-refractivity contribution in [2.75, 3.05) is 12.4 Å². The molecule has 1 aromatic carbocycles. The van der Waals surface area contributed by atoms with Gasteiger partial charge in [-0.3, -0.25) is 9.59 Å². The molecular weight excluding hydrogens is 310 g/mol. The normalized spacial score (nSPS) is 11.7. The number of aromatic nitrogens is 2. The van der Waals surface area contributed by atoms with E-state index in [-0.39, 0.29) is 5.69 Å². The Bertz CT molecular complexity index is 842. The molecule has 7 nitrogen and oxygen atoms in total. The van der Waals surface area contributed by atoms with E-state index in [1.165, 1.54) is 26.2 Å². The molecular formula is C17H19N3O4. The van der Waals surface area contributed by atoms with Gasteiger partial charge in [-0.1, -0.05) is 6.07 Å². The highest BCUT2D eigenvalue weighted by atomic mass is 16.5. The smallest absolute Gasteiger partial charge is 0.330 e. The summed E-state index contributed by atoms with van der Waals surface area (Å²) in [6, 6.07) is 7.13. The van der Waals surface area contributed by atoms with Crippen molar-refractivity contribution in [3.8, 4) is 0 Å². The fourth-order valence-electron chi connectivity index (χ4n) is 2.11. The average molecular weight is 329 g/mol. The predicted molar refractivity (Wildman–Crippen MR) is 89.1 cm³/mol. The van der Waals surface area contributed by atoms with Gasteiger partial charge in [0.1, 0.15) is 5.69 Å². The van der Waals surface area contributed by atoms with Crippen LogP contribution in [0.1, 0.15) is 34.6 Å². The van der Waals surface area contributed by atoms with E-state index in [1.807, 2.05) is 26.0 Å². The van der Waals surface area contributed by atoms with Crippen LogP contribution in [0.5, 0.6) is 0 Å². The second kappa shape index (κ2) is 7.08. The molecule has 7 heteroatoms. The molecule has 0 saturated carbocycles. The van der Waals surface area contributed by atoms with Gasteiger partial charge in [0.25, 0.3) is 11.5 Å². The van der Waals surface area contributed by atoms with E-state index in [2.05, 4.69) is 15.2 Å². The van der Waals surface area contributed by atoms with Gasteiger partial charge >= 0.3 is 5.97 Å². The summed E-state index contributed by atoms with van der Waals surface area (Å²) >= 11 is 0. The lowest BCUT2D eigenvalue weighted by molar-refractivity contribution is -0.144. The Kier molecular flexibility index (Phi) is 5.13. The number of amides is 1. The van der Waals surface area contributed by atoms with E-state index in [1.54, 1.807) is 6.07 Å². The molecule has 0 aliphatic rings. The Morgan fingerprint density at radius 2 is 1.88 bits per heavy atom. The number of rotatable bonds is 4. The summed E-state index contributed by atoms with van der Waals surface area (Å²) < 4.78 is 5.53. The van der Waals surface area contributed by atoms with Crippen molar-refractivity contribution in [3.63, 3.8) is 0 Å². The molecule has 0 spiro atoms. The van der Waals surface area contributed by atoms with Gasteiger partial charge in [-0.05, 0) is 50.1 Å². The third-order valence-electron chi connectivity index (χ3n) is 3.73. The van der Waals surface area contributed by atoms with Crippen LogP contribution in [0.4, 0.5) is 5.69 Å². The number of anilines is 1. The molecule has 1 N–H and O–H groups in total. The van der Waals surface area contributed by atoms with Crippen LogP contribution in [0.2, 0.25) is 0 Å². The van der Waals surface area contributed by atoms with Gasteiger partial charge in [0.15, 0.2) is 6.04 Å². The maximum Gasteiger partial charge on any atom is 0.330 e. The highest BCUT2D eigenvalue weighted by molar-refractivity contribution is 6.02. The standard InChI is InChI=1S/C17H19N3O4/c1-10-5-6-13(9-11(10)2)18-16(22)14-7-8-15(21)20(19-14)12(3)17(23)24-4/h5-9,12H,1-4H3,(H,18,22). The third-order valence-corrected chi connectivity index (χ3v) is 3.73. The second-order valence-electron chi connectivity index (χ2n) is 5.45. The van der Waals surface area contributed by atoms with Crippen LogP contribution in [0.3, 0.4) is 0 Å². The minimum Gasteiger partial charge on any atom is -0.467 e. The van der Waals surface area contributed by atoms with Crippen molar-refractivity contribution in [3.05, 3.63) is 57.5 Å². The third kappa shape index (κ3) is 3.68. The van der Waals surface area contributed by atoms with E-state index in [0.29, 0.717) is 5.69 Å². The summed E-state index contributed by atoms with van der Waals surface area (Å²) in [5.41, 5.74) is 2.33. The Labute approximate surface area is 139 Å². The van der Waals surface area contributed by atoms with Crippen LogP contribution in [0.25, 0.3) is 0 Å². The molecule has 0 bridgehead atoms.